The van der Waals surface area contributed by atoms with Gasteiger partial charge in [-0.25, -0.2) is 0 Å². The largest absolute Gasteiger partial charge is 0.377 e. The number of hydrogen-bond donors (Lipinski definition) is 0. The molecular weight excluding hydrogens is 1290 g/mol. The van der Waals surface area contributed by atoms with E-state index in [9.17, 15) is 0 Å². The second kappa shape index (κ2) is 58.3. The summed E-state index contributed by atoms with van der Waals surface area (Å²) in [6.45, 7) is 22.8. The lowest BCUT2D eigenvalue weighted by atomic mass is 9.87. The van der Waals surface area contributed by atoms with Crippen LogP contribution in [0.1, 0.15) is 494 Å². The molecule has 4 aromatic carbocycles. The third-order valence-electron chi connectivity index (χ3n) is 25.0. The Morgan fingerprint density at radius 3 is 0.362 bits per heavy atom. The van der Waals surface area contributed by atoms with Crippen LogP contribution in [0.25, 0.3) is 32.3 Å². The van der Waals surface area contributed by atoms with Crippen LogP contribution in [0.3, 0.4) is 0 Å². The van der Waals surface area contributed by atoms with Gasteiger partial charge in [-0.2, -0.15) is 0 Å². The van der Waals surface area contributed by atoms with Crippen LogP contribution in [0.5, 0.6) is 0 Å². The molecule has 0 bridgehead atoms. The van der Waals surface area contributed by atoms with Crippen molar-refractivity contribution in [2.45, 2.75) is 486 Å². The fraction of sp³-hybridized carbons (Fsp3) is 0.818. The molecule has 4 aromatic rings. The van der Waals surface area contributed by atoms with Crippen molar-refractivity contribution in [3.05, 3.63) is 66.8 Å². The van der Waals surface area contributed by atoms with E-state index < -0.39 is 0 Å². The van der Waals surface area contributed by atoms with E-state index >= 15 is 0 Å². The van der Waals surface area contributed by atoms with Crippen molar-refractivity contribution in [3.63, 3.8) is 0 Å². The van der Waals surface area contributed by atoms with Gasteiger partial charge in [0, 0.05) is 39.6 Å². The highest BCUT2D eigenvalue weighted by Gasteiger charge is 2.40. The molecule has 0 fully saturated rings. The molecule has 3 aliphatic carbocycles. The summed E-state index contributed by atoms with van der Waals surface area (Å²) in [5, 5.41) is 9.26. The summed E-state index contributed by atoms with van der Waals surface area (Å²) in [5.74, 6) is 0. The van der Waals surface area contributed by atoms with Gasteiger partial charge < -0.3 is 28.4 Å². The molecule has 0 spiro atoms. The molecule has 0 N–H and O–H groups in total. The smallest absolute Gasteiger partial charge is 0.0723 e. The predicted molar refractivity (Wildman–Crippen MR) is 456 cm³/mol. The van der Waals surface area contributed by atoms with Gasteiger partial charge in [-0.3, -0.25) is 0 Å². The van der Waals surface area contributed by atoms with Crippen LogP contribution in [0.15, 0.2) is 0 Å². The van der Waals surface area contributed by atoms with Crippen LogP contribution in [0.4, 0.5) is 0 Å². The van der Waals surface area contributed by atoms with Crippen LogP contribution in [-0.2, 0) is 87.3 Å². The highest BCUT2D eigenvalue weighted by atomic mass is 16.5. The fourth-order valence-corrected chi connectivity index (χ4v) is 18.5. The third-order valence-corrected chi connectivity index (χ3v) is 25.0. The predicted octanol–water partition coefficient (Wildman–Crippen LogP) is 31.5. The Morgan fingerprint density at radius 1 is 0.143 bits per heavy atom. The summed E-state index contributed by atoms with van der Waals surface area (Å²) in [6, 6.07) is 0. The molecule has 7 rings (SSSR count). The minimum absolute atomic E-state index is 0.654. The summed E-state index contributed by atoms with van der Waals surface area (Å²) in [4.78, 5) is 0. The van der Waals surface area contributed by atoms with Crippen LogP contribution < -0.4 is 0 Å². The van der Waals surface area contributed by atoms with E-state index in [0.29, 0.717) is 39.6 Å². The van der Waals surface area contributed by atoms with Crippen molar-refractivity contribution in [2.75, 3.05) is 39.6 Å². The topological polar surface area (TPSA) is 55.4 Å². The Balaban J connectivity index is 1.24. The second-order valence-corrected chi connectivity index (χ2v) is 33.9. The van der Waals surface area contributed by atoms with E-state index in [1.54, 1.807) is 32.3 Å². The zero-order valence-corrected chi connectivity index (χ0v) is 70.5. The van der Waals surface area contributed by atoms with Crippen LogP contribution in [0, 0.1) is 0 Å². The number of rotatable bonds is 78. The molecule has 6 nitrogen and oxygen atoms in total. The van der Waals surface area contributed by atoms with Gasteiger partial charge in [0.05, 0.1) is 39.6 Å². The first-order chi connectivity index (χ1) is 52.1. The van der Waals surface area contributed by atoms with E-state index in [2.05, 4.69) is 41.5 Å². The monoisotopic (exact) mass is 1450 g/mol. The SMILES string of the molecule is CCCCCCCCCCCCOCc1c(COCCCCCCCCCCCC)c2c3c4c1Cc1c(COCCCCCCCCCCCC)c(COCCCCCCCCCCCC)c5c(c14)c1c(c(COCCCCCCCCCCCC)c(COCCCCCCCCCCCC)c(c31)C2)C5. The van der Waals surface area contributed by atoms with E-state index in [1.807, 2.05) is 0 Å². The molecule has 0 saturated carbocycles. The van der Waals surface area contributed by atoms with E-state index in [0.717, 1.165) is 97.4 Å². The normalized spacial score (nSPS) is 12.9. The average Bonchev–Trinajstić information content (AvgIpc) is 1.50. The van der Waals surface area contributed by atoms with E-state index in [-0.39, 0.29) is 0 Å². The molecule has 0 saturated heterocycles. The molecule has 6 heteroatoms. The Morgan fingerprint density at radius 2 is 0.248 bits per heavy atom. The molecule has 105 heavy (non-hydrogen) atoms. The number of unbranched alkanes of at least 4 members (excludes halogenated alkanes) is 54. The van der Waals surface area contributed by atoms with Gasteiger partial charge in [-0.05, 0) is 157 Å². The quantitative estimate of drug-likeness (QED) is 0.0280. The van der Waals surface area contributed by atoms with Gasteiger partial charge in [0.25, 0.3) is 0 Å². The molecule has 0 radical (unpaired) electrons. The minimum atomic E-state index is 0.654. The first-order valence-corrected chi connectivity index (χ1v) is 47.2. The van der Waals surface area contributed by atoms with Gasteiger partial charge in [0.15, 0.2) is 0 Å². The molecule has 0 unspecified atom stereocenters. The Kier molecular flexibility index (Phi) is 49.8. The summed E-state index contributed by atoms with van der Waals surface area (Å²) in [6.07, 6.45) is 82.9. The molecule has 600 valence electrons. The maximum atomic E-state index is 7.12. The lowest BCUT2D eigenvalue weighted by Crippen LogP contribution is -2.10. The van der Waals surface area contributed by atoms with Crippen molar-refractivity contribution < 1.29 is 28.4 Å². The van der Waals surface area contributed by atoms with Gasteiger partial charge in [-0.15, -0.1) is 0 Å². The molecule has 0 amide bonds. The lowest BCUT2D eigenvalue weighted by molar-refractivity contribution is 0.102. The number of hydrogen-bond acceptors (Lipinski definition) is 6. The number of benzene rings is 4. The summed E-state index contributed by atoms with van der Waals surface area (Å²) in [5.41, 5.74) is 17.8. The molecule has 0 atom stereocenters. The number of ether oxygens (including phenoxy) is 6. The Labute approximate surface area is 649 Å². The van der Waals surface area contributed by atoms with Gasteiger partial charge in [0.2, 0.25) is 0 Å². The van der Waals surface area contributed by atoms with E-state index in [1.165, 1.54) is 413 Å². The molecular formula is C99H168O6. The first-order valence-electron chi connectivity index (χ1n) is 47.2. The van der Waals surface area contributed by atoms with Crippen LogP contribution >= 0.6 is 0 Å². The lowest BCUT2D eigenvalue weighted by Gasteiger charge is -2.20. The van der Waals surface area contributed by atoms with Crippen molar-refractivity contribution in [1.29, 1.82) is 0 Å². The van der Waals surface area contributed by atoms with Crippen LogP contribution in [0.2, 0.25) is 0 Å². The van der Waals surface area contributed by atoms with Crippen molar-refractivity contribution >= 4 is 32.3 Å². The van der Waals surface area contributed by atoms with Gasteiger partial charge in [-0.1, -0.05) is 388 Å². The standard InChI is InChI=1S/C99H168O6/c1-7-13-19-25-31-37-43-49-55-61-67-100-76-88-82-73-84-90(78-102-69-63-57-51-45-39-33-27-21-15-9-3)92(80-104-71-65-59-53-47-41-35-29-23-17-11-5)86-75-87-93(81-105-72-66-60-54-48-42-36-30-24-18-12-6)91(79-103-70-64-58-52-46-40-34-28-22-16-10-4)85-74-83(95-94(82)96(84)98(86)99(87)97(85)95)89(88)77-101-68-62-56-50-44-38-32-26-20-14-8-2/h7-81H2,1-6H3. The summed E-state index contributed by atoms with van der Waals surface area (Å²) < 4.78 is 42.7. The zero-order valence-electron chi connectivity index (χ0n) is 70.5. The summed E-state index contributed by atoms with van der Waals surface area (Å²) >= 11 is 0. The fourth-order valence-electron chi connectivity index (χ4n) is 18.5. The third kappa shape index (κ3) is 31.8. The Hall–Kier alpha value is -2.58. The highest BCUT2D eigenvalue weighted by Crippen LogP contribution is 2.58. The van der Waals surface area contributed by atoms with Gasteiger partial charge in [0.1, 0.15) is 0 Å². The van der Waals surface area contributed by atoms with Crippen molar-refractivity contribution in [2.24, 2.45) is 0 Å². The van der Waals surface area contributed by atoms with Gasteiger partial charge >= 0.3 is 0 Å². The maximum Gasteiger partial charge on any atom is 0.0723 e. The molecule has 0 aliphatic heterocycles. The minimum Gasteiger partial charge on any atom is -0.377 e. The molecule has 0 heterocycles. The second-order valence-electron chi connectivity index (χ2n) is 33.9. The highest BCUT2D eigenvalue weighted by molar-refractivity contribution is 6.34. The first kappa shape index (κ1) is 89.6. The summed E-state index contributed by atoms with van der Waals surface area (Å²) in [7, 11) is 0. The van der Waals surface area contributed by atoms with E-state index in [4.69, 9.17) is 28.4 Å². The zero-order chi connectivity index (χ0) is 73.7. The molecule has 3 aliphatic rings. The molecule has 0 aromatic heterocycles. The van der Waals surface area contributed by atoms with Crippen LogP contribution in [-0.4, -0.2) is 39.6 Å². The van der Waals surface area contributed by atoms with Crippen molar-refractivity contribution in [3.8, 4) is 0 Å². The average molecular weight is 1450 g/mol. The Bertz CT molecular complexity index is 2340. The van der Waals surface area contributed by atoms with Crippen molar-refractivity contribution in [1.82, 2.24) is 0 Å². The maximum absolute atomic E-state index is 7.12.